The van der Waals surface area contributed by atoms with E-state index in [0.717, 1.165) is 51.1 Å². The van der Waals surface area contributed by atoms with E-state index in [2.05, 4.69) is 77.6 Å². The molecule has 48 heavy (non-hydrogen) atoms. The van der Waals surface area contributed by atoms with Crippen LogP contribution >= 0.6 is 0 Å². The van der Waals surface area contributed by atoms with Gasteiger partial charge in [0, 0.05) is 16.7 Å². The lowest BCUT2D eigenvalue weighted by Crippen LogP contribution is -2.48. The molecule has 0 atom stereocenters. The number of nitrogens with zero attached hydrogens (tertiary/aromatic N) is 4. The van der Waals surface area contributed by atoms with Crippen LogP contribution in [0.15, 0.2) is 127 Å². The van der Waals surface area contributed by atoms with Gasteiger partial charge in [0.2, 0.25) is 0 Å². The van der Waals surface area contributed by atoms with Gasteiger partial charge in [0.15, 0.2) is 23.2 Å². The first-order valence-corrected chi connectivity index (χ1v) is 17.2. The van der Waals surface area contributed by atoms with E-state index in [0.29, 0.717) is 28.6 Å². The molecule has 4 bridgehead atoms. The van der Waals surface area contributed by atoms with Crippen LogP contribution in [0.2, 0.25) is 0 Å². The molecule has 1 heterocycles. The van der Waals surface area contributed by atoms with E-state index >= 15 is 0 Å². The van der Waals surface area contributed by atoms with Crippen LogP contribution < -0.4 is 0 Å². The third kappa shape index (κ3) is 5.30. The van der Waals surface area contributed by atoms with Crippen LogP contribution in [0.3, 0.4) is 0 Å². The summed E-state index contributed by atoms with van der Waals surface area (Å²) in [4.78, 5) is 18.6. The van der Waals surface area contributed by atoms with Gasteiger partial charge in [-0.25, -0.2) is 19.8 Å². The van der Waals surface area contributed by atoms with Gasteiger partial charge in [-0.2, -0.15) is 0 Å². The number of aromatic nitrogens is 3. The van der Waals surface area contributed by atoms with Crippen LogP contribution in [0.1, 0.15) is 44.1 Å². The van der Waals surface area contributed by atoms with Crippen LogP contribution in [0.5, 0.6) is 0 Å². The van der Waals surface area contributed by atoms with Gasteiger partial charge in [0.1, 0.15) is 0 Å². The molecule has 0 amide bonds. The summed E-state index contributed by atoms with van der Waals surface area (Å²) >= 11 is 0. The van der Waals surface area contributed by atoms with Crippen molar-refractivity contribution in [3.8, 4) is 56.4 Å². The first-order chi connectivity index (χ1) is 23.6. The molecular weight excluding hydrogens is 585 g/mol. The van der Waals surface area contributed by atoms with Crippen molar-refractivity contribution in [2.75, 3.05) is 0 Å². The lowest BCUT2D eigenvalue weighted by Gasteiger charge is -2.57. The summed E-state index contributed by atoms with van der Waals surface area (Å²) in [5.74, 6) is 4.61. The molecule has 4 nitrogen and oxygen atoms in total. The van der Waals surface area contributed by atoms with Gasteiger partial charge in [-0.15, -0.1) is 0 Å². The fourth-order valence-electron chi connectivity index (χ4n) is 9.24. The second-order valence-corrected chi connectivity index (χ2v) is 14.3. The Kier molecular flexibility index (Phi) is 7.01. The molecule has 6 aromatic rings. The minimum Gasteiger partial charge on any atom is -0.238 e. The molecule has 0 unspecified atom stereocenters. The Morgan fingerprint density at radius 2 is 0.875 bits per heavy atom. The van der Waals surface area contributed by atoms with E-state index in [1.54, 1.807) is 5.56 Å². The number of hydrogen-bond donors (Lipinski definition) is 0. The number of rotatable bonds is 6. The molecule has 232 valence electrons. The Balaban J connectivity index is 1.16. The van der Waals surface area contributed by atoms with Crippen LogP contribution in [0.25, 0.3) is 61.3 Å². The van der Waals surface area contributed by atoms with Gasteiger partial charge in [-0.1, -0.05) is 109 Å². The maximum absolute atomic E-state index is 7.38. The van der Waals surface area contributed by atoms with Gasteiger partial charge in [0.25, 0.3) is 0 Å². The summed E-state index contributed by atoms with van der Waals surface area (Å²) in [6.45, 7) is 7.38. The Morgan fingerprint density at radius 3 is 1.40 bits per heavy atom. The van der Waals surface area contributed by atoms with Crippen molar-refractivity contribution in [2.45, 2.75) is 43.9 Å². The standard InChI is InChI=1S/C44H36N4/c1-45-40-18-14-35(15-19-40)42-46-41(34-10-6-3-7-11-34)47-43(48-42)38-24-36(32-8-4-2-5-9-32)23-37(25-38)33-12-16-39(17-13-33)44-26-29-20-30(27-44)22-31(21-29)28-44/h2-19,23-25,29-31H,20-22,26-28H2. The van der Waals surface area contributed by atoms with E-state index in [9.17, 15) is 0 Å². The second kappa shape index (κ2) is 11.7. The van der Waals surface area contributed by atoms with Crippen molar-refractivity contribution in [1.82, 2.24) is 15.0 Å². The first-order valence-electron chi connectivity index (χ1n) is 17.2. The van der Waals surface area contributed by atoms with Crippen LogP contribution in [-0.2, 0) is 5.41 Å². The highest BCUT2D eigenvalue weighted by Gasteiger charge is 2.51. The Labute approximate surface area is 282 Å². The smallest absolute Gasteiger partial charge is 0.187 e. The quantitative estimate of drug-likeness (QED) is 0.174. The first kappa shape index (κ1) is 28.8. The molecule has 0 radical (unpaired) electrons. The normalized spacial score (nSPS) is 22.4. The average Bonchev–Trinajstić information content (AvgIpc) is 3.15. The van der Waals surface area contributed by atoms with Crippen molar-refractivity contribution in [2.24, 2.45) is 17.8 Å². The maximum Gasteiger partial charge on any atom is 0.187 e. The summed E-state index contributed by atoms with van der Waals surface area (Å²) in [6, 6.07) is 44.3. The molecule has 4 saturated carbocycles. The molecule has 0 spiro atoms. The minimum atomic E-state index is 0.381. The summed E-state index contributed by atoms with van der Waals surface area (Å²) in [5.41, 5.74) is 9.86. The zero-order chi connectivity index (χ0) is 32.1. The molecule has 4 fully saturated rings. The average molecular weight is 621 g/mol. The monoisotopic (exact) mass is 620 g/mol. The largest absolute Gasteiger partial charge is 0.238 e. The van der Waals surface area contributed by atoms with Gasteiger partial charge in [-0.05, 0) is 108 Å². The third-order valence-electron chi connectivity index (χ3n) is 11.1. The fourth-order valence-corrected chi connectivity index (χ4v) is 9.24. The molecule has 0 saturated heterocycles. The van der Waals surface area contributed by atoms with Crippen molar-refractivity contribution < 1.29 is 0 Å². The molecule has 4 aliphatic rings. The van der Waals surface area contributed by atoms with E-state index in [4.69, 9.17) is 21.5 Å². The predicted molar refractivity (Wildman–Crippen MR) is 193 cm³/mol. The molecule has 5 aromatic carbocycles. The lowest BCUT2D eigenvalue weighted by atomic mass is 9.48. The molecule has 1 aromatic heterocycles. The lowest BCUT2D eigenvalue weighted by molar-refractivity contribution is -0.00518. The minimum absolute atomic E-state index is 0.381. The van der Waals surface area contributed by atoms with E-state index in [1.165, 1.54) is 44.1 Å². The fraction of sp³-hybridized carbons (Fsp3) is 0.227. The third-order valence-corrected chi connectivity index (χ3v) is 11.1. The van der Waals surface area contributed by atoms with Crippen molar-refractivity contribution >= 4 is 5.69 Å². The Bertz CT molecular complexity index is 2110. The van der Waals surface area contributed by atoms with Crippen LogP contribution in [0, 0.1) is 24.3 Å². The molecular formula is C44H36N4. The summed E-state index contributed by atoms with van der Waals surface area (Å²) < 4.78 is 0. The summed E-state index contributed by atoms with van der Waals surface area (Å²) in [7, 11) is 0. The van der Waals surface area contributed by atoms with Gasteiger partial charge in [0.05, 0.1) is 6.57 Å². The molecule has 10 rings (SSSR count). The van der Waals surface area contributed by atoms with Crippen LogP contribution in [0.4, 0.5) is 5.69 Å². The summed E-state index contributed by atoms with van der Waals surface area (Å²) in [6.07, 6.45) is 8.50. The summed E-state index contributed by atoms with van der Waals surface area (Å²) in [5, 5.41) is 0. The van der Waals surface area contributed by atoms with Crippen molar-refractivity contribution in [3.63, 3.8) is 0 Å². The molecule has 0 N–H and O–H groups in total. The Morgan fingerprint density at radius 1 is 0.458 bits per heavy atom. The molecule has 4 heteroatoms. The highest BCUT2D eigenvalue weighted by atomic mass is 15.0. The zero-order valence-electron chi connectivity index (χ0n) is 26.9. The molecule has 4 aliphatic carbocycles. The Hall–Kier alpha value is -5.40. The van der Waals surface area contributed by atoms with E-state index in [-0.39, 0.29) is 0 Å². The van der Waals surface area contributed by atoms with E-state index < -0.39 is 0 Å². The van der Waals surface area contributed by atoms with E-state index in [1.807, 2.05) is 54.6 Å². The molecule has 0 aliphatic heterocycles. The van der Waals surface area contributed by atoms with Gasteiger partial charge >= 0.3 is 0 Å². The second-order valence-electron chi connectivity index (χ2n) is 14.3. The van der Waals surface area contributed by atoms with Crippen molar-refractivity contribution in [3.05, 3.63) is 144 Å². The SMILES string of the molecule is [C-]#[N+]c1ccc(-c2nc(-c3ccccc3)nc(-c3cc(-c4ccccc4)cc(-c4ccc(C56CC7CC(CC(C7)C5)C6)cc4)c3)n2)cc1. The predicted octanol–water partition coefficient (Wildman–Crippen LogP) is 11.2. The van der Waals surface area contributed by atoms with Gasteiger partial charge < -0.3 is 0 Å². The topological polar surface area (TPSA) is 43.0 Å². The number of benzene rings is 5. The van der Waals surface area contributed by atoms with Crippen LogP contribution in [-0.4, -0.2) is 15.0 Å². The highest BCUT2D eigenvalue weighted by Crippen LogP contribution is 2.60. The highest BCUT2D eigenvalue weighted by molar-refractivity contribution is 5.80. The maximum atomic E-state index is 7.38. The van der Waals surface area contributed by atoms with Gasteiger partial charge in [-0.3, -0.25) is 0 Å². The number of hydrogen-bond acceptors (Lipinski definition) is 3. The zero-order valence-corrected chi connectivity index (χ0v) is 26.9. The van der Waals surface area contributed by atoms with Crippen molar-refractivity contribution in [1.29, 1.82) is 0 Å².